The number of rotatable bonds is 4. The molecule has 1 rings (SSSR count). The molecule has 1 atom stereocenters. The Balaban J connectivity index is 2.34. The quantitative estimate of drug-likeness (QED) is 0.705. The summed E-state index contributed by atoms with van der Waals surface area (Å²) >= 11 is 1.84. The van der Waals surface area contributed by atoms with Gasteiger partial charge in [0.2, 0.25) is 0 Å². The van der Waals surface area contributed by atoms with Crippen LogP contribution in [0.25, 0.3) is 0 Å². The van der Waals surface area contributed by atoms with Gasteiger partial charge in [-0.1, -0.05) is 13.8 Å². The van der Waals surface area contributed by atoms with Gasteiger partial charge >= 0.3 is 0 Å². The van der Waals surface area contributed by atoms with Crippen molar-refractivity contribution in [3.8, 4) is 0 Å². The Morgan fingerprint density at radius 2 is 2.00 bits per heavy atom. The standard InChI is InChI=1S/C9H18OS/c1-7(2)6-8(10)9(11-3)4-5-9/h7-8,10H,4-6H2,1-3H3. The fourth-order valence-corrected chi connectivity index (χ4v) is 2.34. The summed E-state index contributed by atoms with van der Waals surface area (Å²) in [6.07, 6.45) is 5.42. The highest BCUT2D eigenvalue weighted by molar-refractivity contribution is 8.00. The summed E-state index contributed by atoms with van der Waals surface area (Å²) in [6, 6.07) is 0. The van der Waals surface area contributed by atoms with Crippen LogP contribution >= 0.6 is 11.8 Å². The molecular formula is C9H18OS. The first-order valence-electron chi connectivity index (χ1n) is 4.34. The second kappa shape index (κ2) is 3.36. The summed E-state index contributed by atoms with van der Waals surface area (Å²) in [5.74, 6) is 0.620. The van der Waals surface area contributed by atoms with E-state index >= 15 is 0 Å². The monoisotopic (exact) mass is 174 g/mol. The van der Waals surface area contributed by atoms with Crippen LogP contribution in [0.5, 0.6) is 0 Å². The molecule has 0 aliphatic heterocycles. The molecule has 11 heavy (non-hydrogen) atoms. The van der Waals surface area contributed by atoms with Crippen LogP contribution in [0.1, 0.15) is 33.1 Å². The topological polar surface area (TPSA) is 20.2 Å². The van der Waals surface area contributed by atoms with Crippen LogP contribution < -0.4 is 0 Å². The second-order valence-electron chi connectivity index (χ2n) is 3.91. The molecule has 1 unspecified atom stereocenters. The Morgan fingerprint density at radius 1 is 1.45 bits per heavy atom. The van der Waals surface area contributed by atoms with Crippen LogP contribution in [0.15, 0.2) is 0 Å². The zero-order valence-corrected chi connectivity index (χ0v) is 8.45. The van der Waals surface area contributed by atoms with E-state index < -0.39 is 0 Å². The molecule has 0 spiro atoms. The molecule has 1 fully saturated rings. The molecule has 0 amide bonds. The van der Waals surface area contributed by atoms with E-state index in [2.05, 4.69) is 20.1 Å². The highest BCUT2D eigenvalue weighted by Crippen LogP contribution is 2.51. The molecule has 1 aliphatic carbocycles. The lowest BCUT2D eigenvalue weighted by Crippen LogP contribution is -2.25. The number of hydrogen-bond acceptors (Lipinski definition) is 2. The summed E-state index contributed by atoms with van der Waals surface area (Å²) in [5, 5.41) is 9.79. The average molecular weight is 174 g/mol. The molecule has 0 aromatic rings. The first-order valence-corrected chi connectivity index (χ1v) is 5.56. The zero-order valence-electron chi connectivity index (χ0n) is 7.63. The van der Waals surface area contributed by atoms with E-state index in [1.54, 1.807) is 0 Å². The van der Waals surface area contributed by atoms with Crippen molar-refractivity contribution in [2.24, 2.45) is 5.92 Å². The van der Waals surface area contributed by atoms with E-state index in [0.29, 0.717) is 5.92 Å². The summed E-state index contributed by atoms with van der Waals surface area (Å²) in [6.45, 7) is 4.33. The Labute approximate surface area is 73.6 Å². The number of aliphatic hydroxyl groups is 1. The first-order chi connectivity index (χ1) is 5.10. The van der Waals surface area contributed by atoms with Crippen LogP contribution in [-0.4, -0.2) is 22.2 Å². The molecule has 0 bridgehead atoms. The molecule has 0 aromatic heterocycles. The third-order valence-electron chi connectivity index (χ3n) is 2.45. The predicted molar refractivity (Wildman–Crippen MR) is 50.9 cm³/mol. The minimum absolute atomic E-state index is 0.0718. The van der Waals surface area contributed by atoms with Crippen LogP contribution in [0.4, 0.5) is 0 Å². The van der Waals surface area contributed by atoms with Crippen molar-refractivity contribution in [3.05, 3.63) is 0 Å². The van der Waals surface area contributed by atoms with Gasteiger partial charge in [0.25, 0.3) is 0 Å². The van der Waals surface area contributed by atoms with Gasteiger partial charge < -0.3 is 5.11 Å². The largest absolute Gasteiger partial charge is 0.392 e. The normalized spacial score (nSPS) is 23.7. The van der Waals surface area contributed by atoms with Gasteiger partial charge in [0.05, 0.1) is 6.10 Å². The molecule has 1 N–H and O–H groups in total. The molecule has 1 aliphatic rings. The van der Waals surface area contributed by atoms with Gasteiger partial charge in [-0.25, -0.2) is 0 Å². The lowest BCUT2D eigenvalue weighted by Gasteiger charge is -2.21. The smallest absolute Gasteiger partial charge is 0.0689 e. The molecule has 0 aromatic carbocycles. The highest BCUT2D eigenvalue weighted by Gasteiger charge is 2.48. The van der Waals surface area contributed by atoms with Crippen molar-refractivity contribution in [2.45, 2.75) is 44.0 Å². The Kier molecular flexibility index (Phi) is 2.87. The van der Waals surface area contributed by atoms with Gasteiger partial charge in [-0.2, -0.15) is 11.8 Å². The molecule has 0 radical (unpaired) electrons. The lowest BCUT2D eigenvalue weighted by molar-refractivity contribution is 0.139. The Morgan fingerprint density at radius 3 is 2.27 bits per heavy atom. The summed E-state index contributed by atoms with van der Waals surface area (Å²) in [4.78, 5) is 0. The van der Waals surface area contributed by atoms with Gasteiger partial charge in [-0.15, -0.1) is 0 Å². The molecule has 2 heteroatoms. The van der Waals surface area contributed by atoms with Crippen molar-refractivity contribution in [1.29, 1.82) is 0 Å². The number of aliphatic hydroxyl groups excluding tert-OH is 1. The number of hydrogen-bond donors (Lipinski definition) is 1. The average Bonchev–Trinajstić information content (AvgIpc) is 2.65. The maximum Gasteiger partial charge on any atom is 0.0689 e. The maximum absolute atomic E-state index is 9.79. The summed E-state index contributed by atoms with van der Waals surface area (Å²) < 4.78 is 0.254. The zero-order chi connectivity index (χ0) is 8.48. The number of thioether (sulfide) groups is 1. The van der Waals surface area contributed by atoms with Crippen LogP contribution in [-0.2, 0) is 0 Å². The SMILES string of the molecule is CSC1(C(O)CC(C)C)CC1. The van der Waals surface area contributed by atoms with E-state index in [1.807, 2.05) is 11.8 Å². The molecular weight excluding hydrogens is 156 g/mol. The van der Waals surface area contributed by atoms with Crippen LogP contribution in [0.2, 0.25) is 0 Å². The van der Waals surface area contributed by atoms with Gasteiger partial charge in [0.1, 0.15) is 0 Å². The molecule has 0 saturated heterocycles. The van der Waals surface area contributed by atoms with Crippen molar-refractivity contribution < 1.29 is 5.11 Å². The van der Waals surface area contributed by atoms with Crippen molar-refractivity contribution in [3.63, 3.8) is 0 Å². The van der Waals surface area contributed by atoms with Crippen molar-refractivity contribution >= 4 is 11.8 Å². The van der Waals surface area contributed by atoms with E-state index in [9.17, 15) is 5.11 Å². The summed E-state index contributed by atoms with van der Waals surface area (Å²) in [7, 11) is 0. The fourth-order valence-electron chi connectivity index (χ4n) is 1.46. The predicted octanol–water partition coefficient (Wildman–Crippen LogP) is 2.29. The minimum atomic E-state index is -0.0718. The van der Waals surface area contributed by atoms with E-state index in [-0.39, 0.29) is 10.9 Å². The lowest BCUT2D eigenvalue weighted by atomic mass is 10.0. The van der Waals surface area contributed by atoms with Crippen LogP contribution in [0.3, 0.4) is 0 Å². The summed E-state index contributed by atoms with van der Waals surface area (Å²) in [5.41, 5.74) is 0. The molecule has 0 heterocycles. The van der Waals surface area contributed by atoms with E-state index in [0.717, 1.165) is 6.42 Å². The van der Waals surface area contributed by atoms with E-state index in [4.69, 9.17) is 0 Å². The molecule has 66 valence electrons. The van der Waals surface area contributed by atoms with Gasteiger partial charge in [0.15, 0.2) is 0 Å². The fraction of sp³-hybridized carbons (Fsp3) is 1.00. The third-order valence-corrected chi connectivity index (χ3v) is 3.94. The second-order valence-corrected chi connectivity index (χ2v) is 5.14. The van der Waals surface area contributed by atoms with Gasteiger partial charge in [0, 0.05) is 4.75 Å². The molecule has 1 saturated carbocycles. The Bertz CT molecular complexity index is 130. The van der Waals surface area contributed by atoms with Gasteiger partial charge in [-0.05, 0) is 31.4 Å². The third kappa shape index (κ3) is 2.12. The Hall–Kier alpha value is 0.310. The highest BCUT2D eigenvalue weighted by atomic mass is 32.2. The van der Waals surface area contributed by atoms with Gasteiger partial charge in [-0.3, -0.25) is 0 Å². The van der Waals surface area contributed by atoms with Crippen molar-refractivity contribution in [2.75, 3.05) is 6.26 Å². The maximum atomic E-state index is 9.79. The van der Waals surface area contributed by atoms with E-state index in [1.165, 1.54) is 12.8 Å². The minimum Gasteiger partial charge on any atom is -0.392 e. The molecule has 1 nitrogen and oxygen atoms in total. The first kappa shape index (κ1) is 9.40. The van der Waals surface area contributed by atoms with Crippen LogP contribution in [0, 0.1) is 5.92 Å². The van der Waals surface area contributed by atoms with Crippen molar-refractivity contribution in [1.82, 2.24) is 0 Å².